The van der Waals surface area contributed by atoms with E-state index in [1.54, 1.807) is 6.07 Å². The highest BCUT2D eigenvalue weighted by Crippen LogP contribution is 2.22. The van der Waals surface area contributed by atoms with Crippen LogP contribution in [0.5, 0.6) is 0 Å². The monoisotopic (exact) mass is 290 g/mol. The van der Waals surface area contributed by atoms with Gasteiger partial charge < -0.3 is 5.11 Å². The Bertz CT molecular complexity index is 516. The molecule has 0 unspecified atom stereocenters. The molecule has 5 heteroatoms. The SMILES string of the molecule is CCCC(=O)C[C@H]1CCN(Cc2cc(C(=O)O)ccn2)C1. The molecule has 0 aromatic carbocycles. The highest BCUT2D eigenvalue weighted by molar-refractivity contribution is 5.87. The van der Waals surface area contributed by atoms with E-state index in [2.05, 4.69) is 9.88 Å². The van der Waals surface area contributed by atoms with E-state index in [1.165, 1.54) is 12.3 Å². The fourth-order valence-corrected chi connectivity index (χ4v) is 2.85. The molecule has 0 saturated carbocycles. The molecule has 1 aromatic rings. The van der Waals surface area contributed by atoms with Gasteiger partial charge in [-0.15, -0.1) is 0 Å². The molecule has 0 amide bonds. The van der Waals surface area contributed by atoms with Crippen LogP contribution >= 0.6 is 0 Å². The lowest BCUT2D eigenvalue weighted by Crippen LogP contribution is -2.21. The van der Waals surface area contributed by atoms with Crippen molar-refractivity contribution >= 4 is 11.8 Å². The number of nitrogens with zero attached hydrogens (tertiary/aromatic N) is 2. The second-order valence-electron chi connectivity index (χ2n) is 5.72. The number of hydrogen-bond donors (Lipinski definition) is 1. The lowest BCUT2D eigenvalue weighted by atomic mass is 10.00. The lowest BCUT2D eigenvalue weighted by molar-refractivity contribution is -0.119. The number of carboxylic acids is 1. The van der Waals surface area contributed by atoms with Gasteiger partial charge in [-0.2, -0.15) is 0 Å². The summed E-state index contributed by atoms with van der Waals surface area (Å²) in [5.41, 5.74) is 1.05. The lowest BCUT2D eigenvalue weighted by Gasteiger charge is -2.15. The van der Waals surface area contributed by atoms with Crippen molar-refractivity contribution in [2.45, 2.75) is 39.2 Å². The Morgan fingerprint density at radius 3 is 3.00 bits per heavy atom. The van der Waals surface area contributed by atoms with Gasteiger partial charge in [0.2, 0.25) is 0 Å². The van der Waals surface area contributed by atoms with E-state index in [1.807, 2.05) is 6.92 Å². The Morgan fingerprint density at radius 2 is 2.29 bits per heavy atom. The topological polar surface area (TPSA) is 70.5 Å². The van der Waals surface area contributed by atoms with Crippen molar-refractivity contribution in [1.29, 1.82) is 0 Å². The fraction of sp³-hybridized carbons (Fsp3) is 0.562. The minimum atomic E-state index is -0.928. The van der Waals surface area contributed by atoms with Crippen molar-refractivity contribution in [3.63, 3.8) is 0 Å². The van der Waals surface area contributed by atoms with E-state index in [0.29, 0.717) is 31.1 Å². The van der Waals surface area contributed by atoms with Crippen LogP contribution in [0.4, 0.5) is 0 Å². The first-order valence-corrected chi connectivity index (χ1v) is 7.50. The Morgan fingerprint density at radius 1 is 1.48 bits per heavy atom. The first-order valence-electron chi connectivity index (χ1n) is 7.50. The zero-order valence-corrected chi connectivity index (χ0v) is 12.4. The zero-order valence-electron chi connectivity index (χ0n) is 12.4. The van der Waals surface area contributed by atoms with E-state index in [0.717, 1.165) is 31.6 Å². The van der Waals surface area contributed by atoms with E-state index in [-0.39, 0.29) is 5.56 Å². The van der Waals surface area contributed by atoms with Crippen molar-refractivity contribution in [3.05, 3.63) is 29.6 Å². The minimum Gasteiger partial charge on any atom is -0.478 e. The zero-order chi connectivity index (χ0) is 15.2. The van der Waals surface area contributed by atoms with E-state index in [9.17, 15) is 9.59 Å². The number of rotatable bonds is 7. The third-order valence-electron chi connectivity index (χ3n) is 3.86. The largest absolute Gasteiger partial charge is 0.478 e. The predicted octanol–water partition coefficient (Wildman–Crippen LogP) is 2.36. The number of aromatic nitrogens is 1. The van der Waals surface area contributed by atoms with Crippen molar-refractivity contribution in [2.75, 3.05) is 13.1 Å². The summed E-state index contributed by atoms with van der Waals surface area (Å²) in [6.07, 6.45) is 4.85. The van der Waals surface area contributed by atoms with Gasteiger partial charge in [0.1, 0.15) is 5.78 Å². The number of Topliss-reactive ketones (excluding diaryl/α,β-unsaturated/α-hetero) is 1. The van der Waals surface area contributed by atoms with Crippen LogP contribution in [0.2, 0.25) is 0 Å². The van der Waals surface area contributed by atoms with Gasteiger partial charge in [-0.1, -0.05) is 6.92 Å². The van der Waals surface area contributed by atoms with E-state index < -0.39 is 5.97 Å². The number of ketones is 1. The van der Waals surface area contributed by atoms with Crippen LogP contribution in [0.1, 0.15) is 48.7 Å². The first kappa shape index (κ1) is 15.6. The number of aromatic carboxylic acids is 1. The van der Waals surface area contributed by atoms with Crippen LogP contribution in [0.25, 0.3) is 0 Å². The number of pyridine rings is 1. The molecule has 0 aliphatic carbocycles. The predicted molar refractivity (Wildman–Crippen MR) is 79.1 cm³/mol. The second-order valence-corrected chi connectivity index (χ2v) is 5.72. The molecule has 21 heavy (non-hydrogen) atoms. The summed E-state index contributed by atoms with van der Waals surface area (Å²) < 4.78 is 0. The summed E-state index contributed by atoms with van der Waals surface area (Å²) in [6.45, 7) is 4.52. The van der Waals surface area contributed by atoms with Gasteiger partial charge >= 0.3 is 5.97 Å². The van der Waals surface area contributed by atoms with Crippen LogP contribution in [0, 0.1) is 5.92 Å². The molecular formula is C16H22N2O3. The molecule has 114 valence electrons. The smallest absolute Gasteiger partial charge is 0.335 e. The van der Waals surface area contributed by atoms with Crippen molar-refractivity contribution < 1.29 is 14.7 Å². The fourth-order valence-electron chi connectivity index (χ4n) is 2.85. The third kappa shape index (κ3) is 4.63. The molecule has 1 fully saturated rings. The van der Waals surface area contributed by atoms with Gasteiger partial charge in [-0.05, 0) is 37.4 Å². The number of carbonyl (C=O) groups is 2. The Balaban J connectivity index is 1.86. The van der Waals surface area contributed by atoms with Crippen molar-refractivity contribution in [1.82, 2.24) is 9.88 Å². The molecule has 1 atom stereocenters. The highest BCUT2D eigenvalue weighted by atomic mass is 16.4. The van der Waals surface area contributed by atoms with Gasteiger partial charge in [0, 0.05) is 32.1 Å². The molecule has 2 rings (SSSR count). The Kier molecular flexibility index (Phi) is 5.44. The average molecular weight is 290 g/mol. The van der Waals surface area contributed by atoms with Gasteiger partial charge in [-0.25, -0.2) is 4.79 Å². The van der Waals surface area contributed by atoms with Crippen molar-refractivity contribution in [3.8, 4) is 0 Å². The van der Waals surface area contributed by atoms with Crippen LogP contribution in [0.3, 0.4) is 0 Å². The van der Waals surface area contributed by atoms with Crippen LogP contribution in [0.15, 0.2) is 18.3 Å². The normalized spacial score (nSPS) is 18.8. The third-order valence-corrected chi connectivity index (χ3v) is 3.86. The Labute approximate surface area is 125 Å². The van der Waals surface area contributed by atoms with Crippen molar-refractivity contribution in [2.24, 2.45) is 5.92 Å². The van der Waals surface area contributed by atoms with E-state index in [4.69, 9.17) is 5.11 Å². The van der Waals surface area contributed by atoms with Gasteiger partial charge in [0.15, 0.2) is 0 Å². The summed E-state index contributed by atoms with van der Waals surface area (Å²) in [7, 11) is 0. The number of likely N-dealkylation sites (tertiary alicyclic amines) is 1. The molecular weight excluding hydrogens is 268 g/mol. The molecule has 1 aliphatic rings. The number of hydrogen-bond acceptors (Lipinski definition) is 4. The maximum Gasteiger partial charge on any atom is 0.335 e. The number of carboxylic acid groups (broad SMARTS) is 1. The van der Waals surface area contributed by atoms with Crippen LogP contribution < -0.4 is 0 Å². The highest BCUT2D eigenvalue weighted by Gasteiger charge is 2.24. The van der Waals surface area contributed by atoms with Crippen LogP contribution in [-0.2, 0) is 11.3 Å². The molecule has 0 radical (unpaired) electrons. The molecule has 2 heterocycles. The standard InChI is InChI=1S/C16H22N2O3/c1-2-3-15(19)8-12-5-7-18(10-12)11-14-9-13(16(20)21)4-6-17-14/h4,6,9,12H,2-3,5,7-8,10-11H2,1H3,(H,20,21)/t12-/m1/s1. The second kappa shape index (κ2) is 7.31. The molecule has 1 aliphatic heterocycles. The summed E-state index contributed by atoms with van der Waals surface area (Å²) in [6, 6.07) is 3.12. The van der Waals surface area contributed by atoms with Crippen LogP contribution in [-0.4, -0.2) is 39.8 Å². The van der Waals surface area contributed by atoms with E-state index >= 15 is 0 Å². The van der Waals surface area contributed by atoms with Gasteiger partial charge in [-0.3, -0.25) is 14.7 Å². The summed E-state index contributed by atoms with van der Waals surface area (Å²) >= 11 is 0. The maximum atomic E-state index is 11.7. The molecule has 0 spiro atoms. The van der Waals surface area contributed by atoms with Gasteiger partial charge in [0.25, 0.3) is 0 Å². The molecule has 1 N–H and O–H groups in total. The quantitative estimate of drug-likeness (QED) is 0.834. The maximum absolute atomic E-state index is 11.7. The summed E-state index contributed by atoms with van der Waals surface area (Å²) in [5.74, 6) is -0.134. The minimum absolute atomic E-state index is 0.272. The summed E-state index contributed by atoms with van der Waals surface area (Å²) in [4.78, 5) is 29.1. The molecule has 1 aromatic heterocycles. The average Bonchev–Trinajstić information content (AvgIpc) is 2.86. The molecule has 5 nitrogen and oxygen atoms in total. The molecule has 0 bridgehead atoms. The first-order chi connectivity index (χ1) is 10.1. The summed E-state index contributed by atoms with van der Waals surface area (Å²) in [5, 5.41) is 8.98. The number of carbonyl (C=O) groups excluding carboxylic acids is 1. The molecule has 1 saturated heterocycles. The van der Waals surface area contributed by atoms with Gasteiger partial charge in [0.05, 0.1) is 11.3 Å². The Hall–Kier alpha value is -1.75.